The lowest BCUT2D eigenvalue weighted by Gasteiger charge is -2.29. The van der Waals surface area contributed by atoms with Crippen molar-refractivity contribution in [1.29, 1.82) is 0 Å². The van der Waals surface area contributed by atoms with Gasteiger partial charge in [-0.3, -0.25) is 49.0 Å². The standard InChI is InChI=1S/C21H15ClN2O2.C21H17N3O3.C21H18N2O.C20H12F4N2O.C20H15N3O3/c22-17-12-14(10-11-15(17)19(25)13-6-2-1-3-7-13)20-23-18-9-5-4-8-16(18)21(26)24-20;1-13-4-2-3-5-17(13)14-6-8-15(9-7-14)20-22-19-11-10-16(24(26)27)12-18(19)21(25)23-20;1-14-6-2-3-7-17(14)15-10-12-16(13-11-15)20-22-19-9-5-4-8-18(19)21(24)23-20;21-14-13-18(17(24)16(23)15(14)22)25-19(26-20(13)27)12-8-6-11(7-9-12)10-4-2-1-3-5-10;24-20-17-12-16(23(25)26)10-11-18(17)21-19(22-20)15-8-6-14(7-9-15)13-4-2-1-3-5-13/h1-12,20,23H,(H,24,26);2-12,20,22H,1H3,(H,23,25);2-13,20,22H,1H3,(H,23,24);1-9,19,25H,(H,26,27);1-12,19,21H,(H,22,24). The topological polar surface area (TPSA) is 309 Å². The Morgan fingerprint density at radius 1 is 0.292 bits per heavy atom. The number of hydrogen-bond acceptors (Lipinski definition) is 15. The van der Waals surface area contributed by atoms with Crippen LogP contribution in [-0.2, 0) is 0 Å². The molecule has 5 aliphatic rings. The van der Waals surface area contributed by atoms with E-state index in [0.717, 1.165) is 61.4 Å². The highest BCUT2D eigenvalue weighted by Gasteiger charge is 2.37. The predicted molar refractivity (Wildman–Crippen MR) is 493 cm³/mol. The monoisotopic (exact) mass is 1750 g/mol. The number of carbonyl (C=O) groups excluding carboxylic acids is 6. The molecule has 644 valence electrons. The van der Waals surface area contributed by atoms with E-state index in [1.165, 1.54) is 52.1 Å². The molecule has 5 unspecified atom stereocenters. The molecule has 15 aromatic carbocycles. The van der Waals surface area contributed by atoms with Gasteiger partial charge in [0.15, 0.2) is 29.1 Å². The minimum atomic E-state index is -2.02. The molecule has 0 saturated heterocycles. The molecule has 0 bridgehead atoms. The van der Waals surface area contributed by atoms with Gasteiger partial charge in [-0.15, -0.1) is 0 Å². The molecule has 0 radical (unpaired) electrons. The molecule has 5 atom stereocenters. The van der Waals surface area contributed by atoms with Gasteiger partial charge < -0.3 is 53.2 Å². The van der Waals surface area contributed by atoms with Crippen LogP contribution in [0.15, 0.2) is 340 Å². The summed E-state index contributed by atoms with van der Waals surface area (Å²) in [5, 5.41) is 51.8. The van der Waals surface area contributed by atoms with E-state index >= 15 is 0 Å². The first-order valence-electron chi connectivity index (χ1n) is 41.0. The Balaban J connectivity index is 0.000000119. The van der Waals surface area contributed by atoms with Gasteiger partial charge in [0.05, 0.1) is 42.8 Å². The molecule has 0 spiro atoms. The van der Waals surface area contributed by atoms with Crippen LogP contribution >= 0.6 is 11.6 Å². The molecule has 15 aromatic rings. The van der Waals surface area contributed by atoms with Crippen LogP contribution < -0.4 is 53.2 Å². The third-order valence-corrected chi connectivity index (χ3v) is 22.6. The largest absolute Gasteiger partial charge is 0.361 e. The minimum absolute atomic E-state index is 0.0441. The van der Waals surface area contributed by atoms with E-state index in [1.807, 2.05) is 188 Å². The zero-order valence-corrected chi connectivity index (χ0v) is 69.8. The van der Waals surface area contributed by atoms with Crippen LogP contribution in [0.5, 0.6) is 0 Å². The Morgan fingerprint density at radius 3 is 0.992 bits per heavy atom. The van der Waals surface area contributed by atoms with Crippen LogP contribution in [-0.4, -0.2) is 45.2 Å². The fourth-order valence-corrected chi connectivity index (χ4v) is 15.7. The third-order valence-electron chi connectivity index (χ3n) is 22.3. The third kappa shape index (κ3) is 19.0. The maximum atomic E-state index is 14.0. The highest BCUT2D eigenvalue weighted by molar-refractivity contribution is 6.35. The highest BCUT2D eigenvalue weighted by atomic mass is 35.5. The molecule has 5 heterocycles. The van der Waals surface area contributed by atoms with Gasteiger partial charge >= 0.3 is 0 Å². The Labute approximate surface area is 747 Å². The first kappa shape index (κ1) is 86.6. The smallest absolute Gasteiger partial charge is 0.270 e. The summed E-state index contributed by atoms with van der Waals surface area (Å²) in [4.78, 5) is 94.8. The minimum Gasteiger partial charge on any atom is -0.361 e. The molecule has 27 heteroatoms. The van der Waals surface area contributed by atoms with Crippen molar-refractivity contribution < 1.29 is 56.2 Å². The van der Waals surface area contributed by atoms with Crippen molar-refractivity contribution in [2.75, 3.05) is 26.6 Å². The second-order valence-corrected chi connectivity index (χ2v) is 31.0. The van der Waals surface area contributed by atoms with Gasteiger partial charge in [0, 0.05) is 58.1 Å². The normalized spacial score (nSPS) is 15.7. The van der Waals surface area contributed by atoms with Gasteiger partial charge in [0.25, 0.3) is 40.9 Å². The van der Waals surface area contributed by atoms with Crippen molar-refractivity contribution in [3.05, 3.63) is 466 Å². The highest BCUT2D eigenvalue weighted by Crippen LogP contribution is 2.39. The number of rotatable bonds is 13. The average Bonchev–Trinajstić information content (AvgIpc) is 0.768. The molecule has 5 amide bonds. The lowest BCUT2D eigenvalue weighted by atomic mass is 9.98. The number of amides is 5. The number of anilines is 5. The van der Waals surface area contributed by atoms with Crippen molar-refractivity contribution in [3.63, 3.8) is 0 Å². The van der Waals surface area contributed by atoms with Gasteiger partial charge in [-0.2, -0.15) is 0 Å². The maximum absolute atomic E-state index is 14.0. The molecule has 5 aliphatic heterocycles. The second kappa shape index (κ2) is 38.3. The van der Waals surface area contributed by atoms with Crippen LogP contribution in [0.25, 0.3) is 44.5 Å². The lowest BCUT2D eigenvalue weighted by Crippen LogP contribution is -2.40. The molecule has 0 saturated carbocycles. The van der Waals surface area contributed by atoms with Gasteiger partial charge in [-0.05, 0) is 146 Å². The van der Waals surface area contributed by atoms with Gasteiger partial charge in [0.2, 0.25) is 0 Å². The van der Waals surface area contributed by atoms with Crippen molar-refractivity contribution in [2.45, 2.75) is 44.7 Å². The van der Waals surface area contributed by atoms with Crippen LogP contribution in [0.1, 0.15) is 137 Å². The number of nitrogens with one attached hydrogen (secondary N) is 10. The van der Waals surface area contributed by atoms with Gasteiger partial charge in [-0.1, -0.05) is 279 Å². The van der Waals surface area contributed by atoms with Crippen LogP contribution in [0, 0.1) is 57.3 Å². The van der Waals surface area contributed by atoms with E-state index in [4.69, 9.17) is 11.6 Å². The number of fused-ring (bicyclic) bond motifs is 5. The van der Waals surface area contributed by atoms with E-state index in [2.05, 4.69) is 122 Å². The molecule has 130 heavy (non-hydrogen) atoms. The number of carbonyl (C=O) groups is 6. The summed E-state index contributed by atoms with van der Waals surface area (Å²) in [7, 11) is 0. The zero-order valence-electron chi connectivity index (χ0n) is 69.1. The molecule has 22 nitrogen and oxygen atoms in total. The van der Waals surface area contributed by atoms with Gasteiger partial charge in [-0.25, -0.2) is 17.6 Å². The van der Waals surface area contributed by atoms with E-state index in [1.54, 1.807) is 72.8 Å². The molecule has 20 rings (SSSR count). The first-order chi connectivity index (χ1) is 63.0. The quantitative estimate of drug-likeness (QED) is 0.0128. The Hall–Kier alpha value is -16.9. The van der Waals surface area contributed by atoms with Crippen molar-refractivity contribution in [1.82, 2.24) is 26.6 Å². The van der Waals surface area contributed by atoms with Crippen molar-refractivity contribution >= 4 is 86.7 Å². The molecular formula is C103H77ClF4N12O10. The van der Waals surface area contributed by atoms with Crippen molar-refractivity contribution in [3.8, 4) is 44.5 Å². The summed E-state index contributed by atoms with van der Waals surface area (Å²) in [5.74, 6) is -9.37. The fraction of sp³-hybridized carbons (Fsp3) is 0.0680. The summed E-state index contributed by atoms with van der Waals surface area (Å²) in [5.41, 5.74) is 19.3. The summed E-state index contributed by atoms with van der Waals surface area (Å²) in [6, 6.07) is 105. The Morgan fingerprint density at radius 2 is 0.600 bits per heavy atom. The summed E-state index contributed by atoms with van der Waals surface area (Å²) >= 11 is 6.37. The number of benzene rings is 15. The molecule has 0 aliphatic carbocycles. The molecular weight excluding hydrogens is 1680 g/mol. The van der Waals surface area contributed by atoms with E-state index < -0.39 is 68.8 Å². The van der Waals surface area contributed by atoms with Gasteiger partial charge in [0.1, 0.15) is 36.4 Å². The summed E-state index contributed by atoms with van der Waals surface area (Å²) < 4.78 is 54.8. The van der Waals surface area contributed by atoms with Crippen LogP contribution in [0.4, 0.5) is 57.4 Å². The van der Waals surface area contributed by atoms with E-state index in [9.17, 15) is 66.6 Å². The zero-order chi connectivity index (χ0) is 90.8. The number of nitrogens with zero attached hydrogens (tertiary/aromatic N) is 2. The molecule has 10 N–H and O–H groups in total. The molecule has 0 fully saturated rings. The van der Waals surface area contributed by atoms with E-state index in [0.29, 0.717) is 44.2 Å². The number of non-ortho nitro benzene ring substituents is 2. The number of nitro benzene ring substituents is 2. The number of para-hydroxylation sites is 2. The maximum Gasteiger partial charge on any atom is 0.270 e. The average molecular weight is 1750 g/mol. The number of hydrogen-bond donors (Lipinski definition) is 10. The number of ketones is 1. The predicted octanol–water partition coefficient (Wildman–Crippen LogP) is 22.2. The van der Waals surface area contributed by atoms with Crippen molar-refractivity contribution in [2.24, 2.45) is 0 Å². The number of halogens is 5. The Bertz CT molecular complexity index is 6890. The summed E-state index contributed by atoms with van der Waals surface area (Å²) in [6.45, 7) is 4.19. The second-order valence-electron chi connectivity index (χ2n) is 30.6. The molecule has 0 aromatic heterocycles. The van der Waals surface area contributed by atoms with Crippen LogP contribution in [0.2, 0.25) is 5.02 Å². The first-order valence-corrected chi connectivity index (χ1v) is 41.3. The number of nitro groups is 2. The fourth-order valence-electron chi connectivity index (χ4n) is 15.5. The van der Waals surface area contributed by atoms with E-state index in [-0.39, 0.29) is 64.2 Å². The SMILES string of the molecule is Cc1ccccc1-c1ccc(C2NC(=O)c3cc([N+](=O)[O-])ccc3N2)cc1.Cc1ccccc1-c1ccc(C2NC(=O)c3ccccc3N2)cc1.O=C(c1ccccc1)c1ccc(C2NC(=O)c3ccccc3N2)cc1Cl.O=C1NC(c2ccc(-c3ccccc3)cc2)Nc2c(F)c(F)c(F)c(F)c21.O=C1NC(c2ccc(-c3ccccc3)cc2)Nc2ccc([N+](=O)[O-])cc21. The van der Waals surface area contributed by atoms with Crippen LogP contribution in [0.3, 0.4) is 0 Å². The lowest BCUT2D eigenvalue weighted by molar-refractivity contribution is -0.385. The number of aryl methyl sites for hydroxylation is 2. The Kier molecular flexibility index (Phi) is 25.5. The summed E-state index contributed by atoms with van der Waals surface area (Å²) in [6.07, 6.45) is -2.32.